The number of sulfonamides is 1. The summed E-state index contributed by atoms with van der Waals surface area (Å²) in [5.74, 6) is 0.804. The van der Waals surface area contributed by atoms with Gasteiger partial charge in [0.1, 0.15) is 17.8 Å². The molecule has 0 bridgehead atoms. The van der Waals surface area contributed by atoms with Crippen molar-refractivity contribution in [2.24, 2.45) is 5.14 Å². The highest BCUT2D eigenvalue weighted by molar-refractivity contribution is 7.89. The summed E-state index contributed by atoms with van der Waals surface area (Å²) in [5, 5.41) is 6.21. The second kappa shape index (κ2) is 6.51. The van der Waals surface area contributed by atoms with Gasteiger partial charge in [0.05, 0.1) is 15.8 Å². The maximum atomic E-state index is 13.3. The lowest BCUT2D eigenvalue weighted by Crippen LogP contribution is -2.57. The molecule has 0 atom stereocenters. The van der Waals surface area contributed by atoms with Crippen molar-refractivity contribution in [1.29, 1.82) is 0 Å². The van der Waals surface area contributed by atoms with Crippen molar-refractivity contribution < 1.29 is 13.2 Å². The number of carbonyl (C=O) groups is 1. The molecule has 2 aromatic heterocycles. The van der Waals surface area contributed by atoms with E-state index in [0.29, 0.717) is 30.8 Å². The Labute approximate surface area is 174 Å². The average molecular weight is 427 g/mol. The predicted octanol–water partition coefficient (Wildman–Crippen LogP) is 1.41. The Hall–Kier alpha value is -2.98. The lowest BCUT2D eigenvalue weighted by Gasteiger charge is -2.43. The van der Waals surface area contributed by atoms with Gasteiger partial charge in [0.2, 0.25) is 10.0 Å². The second-order valence-corrected chi connectivity index (χ2v) is 9.60. The molecule has 1 saturated heterocycles. The number of nitrogens with two attached hydrogens (primary N) is 1. The quantitative estimate of drug-likeness (QED) is 0.652. The predicted molar refractivity (Wildman–Crippen MR) is 112 cm³/mol. The zero-order valence-corrected chi connectivity index (χ0v) is 17.3. The Morgan fingerprint density at radius 3 is 2.70 bits per heavy atom. The highest BCUT2D eigenvalue weighted by Crippen LogP contribution is 2.46. The summed E-state index contributed by atoms with van der Waals surface area (Å²) in [6.45, 7) is 3.60. The van der Waals surface area contributed by atoms with Crippen molar-refractivity contribution in [2.75, 3.05) is 24.5 Å². The van der Waals surface area contributed by atoms with Gasteiger partial charge in [0.25, 0.3) is 5.91 Å². The van der Waals surface area contributed by atoms with Crippen LogP contribution >= 0.6 is 0 Å². The van der Waals surface area contributed by atoms with Crippen LogP contribution in [0.3, 0.4) is 0 Å². The largest absolute Gasteiger partial charge is 0.352 e. The van der Waals surface area contributed by atoms with Crippen LogP contribution in [0.4, 0.5) is 5.82 Å². The fourth-order valence-electron chi connectivity index (χ4n) is 4.42. The number of hydrogen-bond acceptors (Lipinski definition) is 6. The summed E-state index contributed by atoms with van der Waals surface area (Å²) in [6.07, 6.45) is 5.28. The minimum absolute atomic E-state index is 0.0456. The van der Waals surface area contributed by atoms with Gasteiger partial charge in [-0.15, -0.1) is 0 Å². The van der Waals surface area contributed by atoms with Crippen molar-refractivity contribution in [3.05, 3.63) is 47.9 Å². The van der Waals surface area contributed by atoms with E-state index in [-0.39, 0.29) is 16.3 Å². The Kier molecular flexibility index (Phi) is 4.13. The van der Waals surface area contributed by atoms with Crippen molar-refractivity contribution in [3.63, 3.8) is 0 Å². The first-order valence-corrected chi connectivity index (χ1v) is 11.3. The molecular weight excluding hydrogens is 404 g/mol. The van der Waals surface area contributed by atoms with E-state index in [0.717, 1.165) is 29.7 Å². The molecule has 1 saturated carbocycles. The van der Waals surface area contributed by atoms with Gasteiger partial charge in [0, 0.05) is 31.4 Å². The molecule has 9 nitrogen and oxygen atoms in total. The van der Waals surface area contributed by atoms with E-state index in [1.807, 2.05) is 17.2 Å². The van der Waals surface area contributed by atoms with E-state index in [2.05, 4.69) is 19.9 Å². The van der Waals surface area contributed by atoms with Crippen molar-refractivity contribution in [3.8, 4) is 0 Å². The van der Waals surface area contributed by atoms with Gasteiger partial charge in [-0.1, -0.05) is 0 Å². The summed E-state index contributed by atoms with van der Waals surface area (Å²) >= 11 is 0. The molecule has 1 aliphatic heterocycles. The minimum atomic E-state index is -3.81. The first-order valence-electron chi connectivity index (χ1n) is 9.77. The van der Waals surface area contributed by atoms with Crippen molar-refractivity contribution >= 4 is 32.8 Å². The molecule has 3 heterocycles. The number of aryl methyl sites for hydroxylation is 1. The molecule has 1 aliphatic carbocycles. The molecule has 10 heteroatoms. The van der Waals surface area contributed by atoms with Crippen LogP contribution in [0, 0.1) is 6.92 Å². The molecule has 2 fully saturated rings. The number of nitrogens with zero attached hydrogens (tertiary/aromatic N) is 4. The molecule has 30 heavy (non-hydrogen) atoms. The summed E-state index contributed by atoms with van der Waals surface area (Å²) in [5.41, 5.74) is 1.54. The minimum Gasteiger partial charge on any atom is -0.352 e. The number of nitrogens with one attached hydrogen (secondary N) is 1. The van der Waals surface area contributed by atoms with E-state index < -0.39 is 10.0 Å². The highest BCUT2D eigenvalue weighted by atomic mass is 32.2. The van der Waals surface area contributed by atoms with Crippen LogP contribution in [0.1, 0.15) is 28.8 Å². The number of benzene rings is 1. The molecule has 1 aromatic carbocycles. The van der Waals surface area contributed by atoms with Gasteiger partial charge in [-0.25, -0.2) is 23.5 Å². The van der Waals surface area contributed by atoms with Gasteiger partial charge in [-0.05, 0) is 49.6 Å². The standard InChI is InChI=1S/C20H22N6O3S/c1-13-10-14(2-3-16(13)30(21,28)29)19(27)26-9-8-25(11-20(26)5-6-20)18-15-4-7-22-17(15)23-12-24-18/h2-4,7,10,12H,5-6,8-9,11H2,1H3,(H2,21,28,29)(H,22,23,24). The van der Waals surface area contributed by atoms with Crippen molar-refractivity contribution in [2.45, 2.75) is 30.2 Å². The third kappa shape index (κ3) is 3.03. The third-order valence-electron chi connectivity index (χ3n) is 6.08. The third-order valence-corrected chi connectivity index (χ3v) is 7.16. The number of amides is 1. The molecule has 0 radical (unpaired) electrons. The first kappa shape index (κ1) is 19.0. The number of fused-ring (bicyclic) bond motifs is 1. The van der Waals surface area contributed by atoms with Gasteiger partial charge < -0.3 is 14.8 Å². The first-order chi connectivity index (χ1) is 14.3. The number of rotatable bonds is 3. The molecule has 156 valence electrons. The second-order valence-electron chi connectivity index (χ2n) is 8.07. The lowest BCUT2D eigenvalue weighted by molar-refractivity contribution is 0.0624. The fraction of sp³-hybridized carbons (Fsp3) is 0.350. The fourth-order valence-corrected chi connectivity index (χ4v) is 5.18. The number of carbonyl (C=O) groups excluding carboxylic acids is 1. The van der Waals surface area contributed by atoms with Gasteiger partial charge in [-0.2, -0.15) is 0 Å². The van der Waals surface area contributed by atoms with Crippen LogP contribution in [0.25, 0.3) is 11.0 Å². The number of primary sulfonamides is 1. The van der Waals surface area contributed by atoms with Gasteiger partial charge in [-0.3, -0.25) is 4.79 Å². The van der Waals surface area contributed by atoms with E-state index in [1.165, 1.54) is 6.07 Å². The molecule has 1 spiro atoms. The topological polar surface area (TPSA) is 125 Å². The molecule has 3 N–H and O–H groups in total. The Morgan fingerprint density at radius 1 is 1.20 bits per heavy atom. The zero-order chi connectivity index (χ0) is 21.1. The van der Waals surface area contributed by atoms with E-state index in [9.17, 15) is 13.2 Å². The Morgan fingerprint density at radius 2 is 2.00 bits per heavy atom. The molecule has 0 unspecified atom stereocenters. The van der Waals surface area contributed by atoms with Crippen LogP contribution in [0.15, 0.2) is 41.7 Å². The summed E-state index contributed by atoms with van der Waals surface area (Å²) < 4.78 is 23.3. The molecule has 3 aromatic rings. The zero-order valence-electron chi connectivity index (χ0n) is 16.5. The highest BCUT2D eigenvalue weighted by Gasteiger charge is 2.53. The summed E-state index contributed by atoms with van der Waals surface area (Å²) in [6, 6.07) is 6.54. The van der Waals surface area contributed by atoms with Crippen molar-refractivity contribution in [1.82, 2.24) is 19.9 Å². The maximum Gasteiger partial charge on any atom is 0.254 e. The van der Waals surface area contributed by atoms with E-state index in [1.54, 1.807) is 25.4 Å². The number of aromatic amines is 1. The lowest BCUT2D eigenvalue weighted by atomic mass is 10.1. The number of H-pyrrole nitrogens is 1. The molecule has 2 aliphatic rings. The Balaban J connectivity index is 1.41. The van der Waals surface area contributed by atoms with Gasteiger partial charge in [0.15, 0.2) is 0 Å². The summed E-state index contributed by atoms with van der Waals surface area (Å²) in [7, 11) is -3.81. The van der Waals surface area contributed by atoms with Crippen LogP contribution < -0.4 is 10.0 Å². The Bertz CT molecular complexity index is 1260. The number of piperazine rings is 1. The summed E-state index contributed by atoms with van der Waals surface area (Å²) in [4.78, 5) is 29.3. The van der Waals surface area contributed by atoms with E-state index >= 15 is 0 Å². The maximum absolute atomic E-state index is 13.3. The van der Waals surface area contributed by atoms with Crippen LogP contribution in [-0.2, 0) is 10.0 Å². The monoisotopic (exact) mass is 426 g/mol. The number of anilines is 1. The molecule has 5 rings (SSSR count). The van der Waals surface area contributed by atoms with Crippen LogP contribution in [0.2, 0.25) is 0 Å². The van der Waals surface area contributed by atoms with E-state index in [4.69, 9.17) is 5.14 Å². The van der Waals surface area contributed by atoms with Crippen LogP contribution in [-0.4, -0.2) is 59.4 Å². The van der Waals surface area contributed by atoms with Crippen LogP contribution in [0.5, 0.6) is 0 Å². The molecule has 1 amide bonds. The SMILES string of the molecule is Cc1cc(C(=O)N2CCN(c3ncnc4[nH]ccc34)CC23CC3)ccc1S(N)(=O)=O. The number of aromatic nitrogens is 3. The average Bonchev–Trinajstić information content (AvgIpc) is 3.28. The normalized spacial score (nSPS) is 18.2. The molecular formula is C20H22N6O3S. The number of hydrogen-bond donors (Lipinski definition) is 2. The van der Waals surface area contributed by atoms with Gasteiger partial charge >= 0.3 is 0 Å². The smallest absolute Gasteiger partial charge is 0.254 e.